The molecule has 1 atom stereocenters. The van der Waals surface area contributed by atoms with Gasteiger partial charge in [-0.2, -0.15) is 0 Å². The van der Waals surface area contributed by atoms with Crippen LogP contribution >= 0.6 is 0 Å². The normalized spacial score (nSPS) is 20.5. The lowest BCUT2D eigenvalue weighted by molar-refractivity contribution is 0.612. The first-order valence-corrected chi connectivity index (χ1v) is 8.10. The molecule has 2 aromatic rings. The van der Waals surface area contributed by atoms with Crippen LogP contribution in [0.4, 0.5) is 10.1 Å². The summed E-state index contributed by atoms with van der Waals surface area (Å²) in [6, 6.07) is 12.2. The third-order valence-corrected chi connectivity index (χ3v) is 4.98. The number of fused-ring (bicyclic) bond motifs is 3. The van der Waals surface area contributed by atoms with E-state index < -0.39 is 0 Å². The molecule has 0 radical (unpaired) electrons. The zero-order chi connectivity index (χ0) is 15.1. The first-order valence-electron chi connectivity index (χ1n) is 8.10. The minimum Gasteiger partial charge on any atom is -0.366 e. The van der Waals surface area contributed by atoms with Crippen LogP contribution in [0.2, 0.25) is 0 Å². The molecular formula is C19H21FN2. The van der Waals surface area contributed by atoms with Gasteiger partial charge in [0.2, 0.25) is 0 Å². The zero-order valence-corrected chi connectivity index (χ0v) is 12.9. The fraction of sp³-hybridized carbons (Fsp3) is 0.368. The van der Waals surface area contributed by atoms with Gasteiger partial charge in [0.05, 0.1) is 0 Å². The van der Waals surface area contributed by atoms with Gasteiger partial charge in [-0.3, -0.25) is 0 Å². The van der Waals surface area contributed by atoms with Crippen LogP contribution in [0.5, 0.6) is 0 Å². The van der Waals surface area contributed by atoms with Gasteiger partial charge in [0.1, 0.15) is 5.82 Å². The fourth-order valence-corrected chi connectivity index (χ4v) is 3.89. The molecule has 2 nitrogen and oxygen atoms in total. The van der Waals surface area contributed by atoms with E-state index >= 15 is 0 Å². The van der Waals surface area contributed by atoms with Crippen LogP contribution in [-0.2, 0) is 6.42 Å². The van der Waals surface area contributed by atoms with E-state index in [4.69, 9.17) is 0 Å². The molecule has 2 heterocycles. The number of rotatable bonds is 1. The van der Waals surface area contributed by atoms with Crippen molar-refractivity contribution in [1.29, 1.82) is 0 Å². The molecule has 0 aliphatic carbocycles. The highest BCUT2D eigenvalue weighted by molar-refractivity contribution is 5.84. The second-order valence-electron chi connectivity index (χ2n) is 6.36. The van der Waals surface area contributed by atoms with Crippen LogP contribution < -0.4 is 10.2 Å². The van der Waals surface area contributed by atoms with Crippen LogP contribution in [-0.4, -0.2) is 25.7 Å². The number of nitrogens with zero attached hydrogens (tertiary/aromatic N) is 1. The number of nitrogens with one attached hydrogen (secondary N) is 1. The molecule has 4 rings (SSSR count). The first kappa shape index (κ1) is 13.8. The van der Waals surface area contributed by atoms with Crippen molar-refractivity contribution in [2.24, 2.45) is 0 Å². The van der Waals surface area contributed by atoms with Crippen molar-refractivity contribution in [2.75, 3.05) is 24.5 Å². The Balaban J connectivity index is 1.86. The maximum Gasteiger partial charge on any atom is 0.123 e. The Hall–Kier alpha value is -1.87. The minimum atomic E-state index is -0.162. The first-order chi connectivity index (χ1) is 10.7. The van der Waals surface area contributed by atoms with Crippen molar-refractivity contribution in [3.05, 3.63) is 53.3 Å². The topological polar surface area (TPSA) is 15.3 Å². The van der Waals surface area contributed by atoms with Crippen LogP contribution in [0.25, 0.3) is 11.1 Å². The Kier molecular flexibility index (Phi) is 3.38. The number of anilines is 1. The second kappa shape index (κ2) is 5.40. The molecule has 1 N–H and O–H groups in total. The van der Waals surface area contributed by atoms with E-state index in [9.17, 15) is 4.39 Å². The molecule has 3 heteroatoms. The summed E-state index contributed by atoms with van der Waals surface area (Å²) in [5.74, 6) is -0.162. The Bertz CT molecular complexity index is 711. The number of halogens is 1. The van der Waals surface area contributed by atoms with E-state index in [1.165, 1.54) is 23.2 Å². The summed E-state index contributed by atoms with van der Waals surface area (Å²) in [6.45, 7) is 5.20. The van der Waals surface area contributed by atoms with Crippen LogP contribution in [0.15, 0.2) is 36.4 Å². The summed E-state index contributed by atoms with van der Waals surface area (Å²) >= 11 is 0. The van der Waals surface area contributed by atoms with Crippen molar-refractivity contribution >= 4 is 5.69 Å². The summed E-state index contributed by atoms with van der Waals surface area (Å²) in [6.07, 6.45) is 2.29. The van der Waals surface area contributed by atoms with Crippen LogP contribution in [0.1, 0.15) is 17.5 Å². The molecule has 2 aliphatic heterocycles. The molecule has 1 fully saturated rings. The molecule has 0 aromatic heterocycles. The van der Waals surface area contributed by atoms with Crippen molar-refractivity contribution in [3.63, 3.8) is 0 Å². The van der Waals surface area contributed by atoms with Gasteiger partial charge in [-0.15, -0.1) is 0 Å². The fourth-order valence-electron chi connectivity index (χ4n) is 3.89. The summed E-state index contributed by atoms with van der Waals surface area (Å²) in [5, 5.41) is 3.48. The predicted molar refractivity (Wildman–Crippen MR) is 88.9 cm³/mol. The SMILES string of the molecule is Cc1ccc(F)cc1-c1cccc2c1N1CCNCCC1C2. The van der Waals surface area contributed by atoms with E-state index in [-0.39, 0.29) is 5.82 Å². The Morgan fingerprint density at radius 2 is 2.05 bits per heavy atom. The van der Waals surface area contributed by atoms with E-state index in [2.05, 4.69) is 35.3 Å². The van der Waals surface area contributed by atoms with Gasteiger partial charge in [0.15, 0.2) is 0 Å². The van der Waals surface area contributed by atoms with Gasteiger partial charge in [-0.1, -0.05) is 24.3 Å². The second-order valence-corrected chi connectivity index (χ2v) is 6.36. The lowest BCUT2D eigenvalue weighted by atomic mass is 9.96. The molecule has 2 aliphatic rings. The molecule has 0 spiro atoms. The van der Waals surface area contributed by atoms with E-state index in [1.54, 1.807) is 12.1 Å². The Morgan fingerprint density at radius 1 is 1.14 bits per heavy atom. The van der Waals surface area contributed by atoms with Gasteiger partial charge >= 0.3 is 0 Å². The number of benzene rings is 2. The molecule has 0 saturated carbocycles. The molecule has 0 amide bonds. The highest BCUT2D eigenvalue weighted by Gasteiger charge is 2.32. The lowest BCUT2D eigenvalue weighted by Gasteiger charge is -2.27. The molecular weight excluding hydrogens is 275 g/mol. The maximum absolute atomic E-state index is 13.8. The minimum absolute atomic E-state index is 0.162. The number of para-hydroxylation sites is 1. The van der Waals surface area contributed by atoms with E-state index in [1.807, 2.05) is 6.07 Å². The van der Waals surface area contributed by atoms with Gasteiger partial charge in [-0.25, -0.2) is 4.39 Å². The molecule has 0 bridgehead atoms. The van der Waals surface area contributed by atoms with Gasteiger partial charge in [0, 0.05) is 30.4 Å². The molecule has 114 valence electrons. The number of hydrogen-bond donors (Lipinski definition) is 1. The van der Waals surface area contributed by atoms with Crippen LogP contribution in [0.3, 0.4) is 0 Å². The van der Waals surface area contributed by atoms with Crippen molar-refractivity contribution in [3.8, 4) is 11.1 Å². The molecule has 1 unspecified atom stereocenters. The quantitative estimate of drug-likeness (QED) is 0.866. The zero-order valence-electron chi connectivity index (χ0n) is 12.9. The smallest absolute Gasteiger partial charge is 0.123 e. The summed E-state index contributed by atoms with van der Waals surface area (Å²) in [5.41, 5.74) is 6.07. The summed E-state index contributed by atoms with van der Waals surface area (Å²) < 4.78 is 13.8. The van der Waals surface area contributed by atoms with Crippen molar-refractivity contribution in [2.45, 2.75) is 25.8 Å². The average Bonchev–Trinajstić information content (AvgIpc) is 2.72. The van der Waals surface area contributed by atoms with Gasteiger partial charge in [0.25, 0.3) is 0 Å². The summed E-state index contributed by atoms with van der Waals surface area (Å²) in [7, 11) is 0. The summed E-state index contributed by atoms with van der Waals surface area (Å²) in [4.78, 5) is 2.54. The van der Waals surface area contributed by atoms with E-state index in [0.29, 0.717) is 6.04 Å². The standard InChI is InChI=1S/C19H21FN2/c1-13-5-6-15(20)12-18(13)17-4-2-3-14-11-16-7-8-21-9-10-22(16)19(14)17/h2-6,12,16,21H,7-11H2,1H3. The molecule has 2 aromatic carbocycles. The van der Waals surface area contributed by atoms with Crippen LogP contribution in [0, 0.1) is 12.7 Å². The number of aryl methyl sites for hydroxylation is 1. The largest absolute Gasteiger partial charge is 0.366 e. The number of hydrogen-bond acceptors (Lipinski definition) is 2. The highest BCUT2D eigenvalue weighted by Crippen LogP contribution is 2.42. The van der Waals surface area contributed by atoms with Crippen molar-refractivity contribution < 1.29 is 4.39 Å². The Morgan fingerprint density at radius 3 is 2.95 bits per heavy atom. The highest BCUT2D eigenvalue weighted by atomic mass is 19.1. The Labute approximate surface area is 131 Å². The molecule has 22 heavy (non-hydrogen) atoms. The van der Waals surface area contributed by atoms with E-state index in [0.717, 1.165) is 37.2 Å². The maximum atomic E-state index is 13.8. The average molecular weight is 296 g/mol. The third kappa shape index (κ3) is 2.20. The molecule has 1 saturated heterocycles. The van der Waals surface area contributed by atoms with Gasteiger partial charge < -0.3 is 10.2 Å². The predicted octanol–water partition coefficient (Wildman–Crippen LogP) is 3.53. The third-order valence-electron chi connectivity index (χ3n) is 4.98. The monoisotopic (exact) mass is 296 g/mol. The van der Waals surface area contributed by atoms with Crippen molar-refractivity contribution in [1.82, 2.24) is 5.32 Å². The van der Waals surface area contributed by atoms with Gasteiger partial charge in [-0.05, 0) is 55.1 Å². The lowest BCUT2D eigenvalue weighted by Crippen LogP contribution is -2.33.